The number of aliphatic carboxylic acids is 1. The molecule has 1 aromatic carbocycles. The van der Waals surface area contributed by atoms with Crippen LogP contribution in [0, 0.1) is 0 Å². The minimum Gasteiger partial charge on any atom is -0.496 e. The lowest BCUT2D eigenvalue weighted by molar-refractivity contribution is -0.136. The van der Waals surface area contributed by atoms with Crippen molar-refractivity contribution < 1.29 is 23.8 Å². The molecule has 0 radical (unpaired) electrons. The summed E-state index contributed by atoms with van der Waals surface area (Å²) >= 11 is 0. The third-order valence-electron chi connectivity index (χ3n) is 2.58. The van der Waals surface area contributed by atoms with Gasteiger partial charge in [0.15, 0.2) is 0 Å². The highest BCUT2D eigenvalue weighted by Crippen LogP contribution is 2.37. The third-order valence-corrected chi connectivity index (χ3v) is 2.58. The van der Waals surface area contributed by atoms with Crippen molar-refractivity contribution in [2.24, 2.45) is 0 Å². The van der Waals surface area contributed by atoms with Gasteiger partial charge in [0.05, 0.1) is 20.6 Å². The predicted molar refractivity (Wildman–Crippen MR) is 65.0 cm³/mol. The maximum absolute atomic E-state index is 14.0. The second-order valence-corrected chi connectivity index (χ2v) is 4.41. The molecule has 0 atom stereocenters. The molecule has 0 saturated heterocycles. The van der Waals surface area contributed by atoms with E-state index >= 15 is 0 Å². The van der Waals surface area contributed by atoms with Gasteiger partial charge in [-0.05, 0) is 26.0 Å². The van der Waals surface area contributed by atoms with Crippen molar-refractivity contribution in [2.45, 2.75) is 25.9 Å². The van der Waals surface area contributed by atoms with E-state index in [4.69, 9.17) is 14.6 Å². The van der Waals surface area contributed by atoms with E-state index in [2.05, 4.69) is 0 Å². The topological polar surface area (TPSA) is 55.8 Å². The van der Waals surface area contributed by atoms with E-state index in [1.807, 2.05) is 0 Å². The molecule has 1 N–H and O–H groups in total. The van der Waals surface area contributed by atoms with E-state index in [1.54, 1.807) is 0 Å². The Labute approximate surface area is 105 Å². The number of alkyl halides is 1. The van der Waals surface area contributed by atoms with Crippen LogP contribution in [0.3, 0.4) is 0 Å². The SMILES string of the molecule is COc1cc(C(C)(C)F)c(OC)cc1CC(=O)O. The van der Waals surface area contributed by atoms with Crippen LogP contribution < -0.4 is 9.47 Å². The van der Waals surface area contributed by atoms with Gasteiger partial charge < -0.3 is 14.6 Å². The van der Waals surface area contributed by atoms with Crippen LogP contribution in [0.15, 0.2) is 12.1 Å². The highest BCUT2D eigenvalue weighted by Gasteiger charge is 2.26. The Morgan fingerprint density at radius 1 is 1.28 bits per heavy atom. The zero-order valence-electron chi connectivity index (χ0n) is 10.9. The van der Waals surface area contributed by atoms with Crippen LogP contribution in [0.4, 0.5) is 4.39 Å². The van der Waals surface area contributed by atoms with E-state index in [-0.39, 0.29) is 6.42 Å². The van der Waals surface area contributed by atoms with Crippen molar-refractivity contribution in [1.29, 1.82) is 0 Å². The first-order chi connectivity index (χ1) is 8.29. The van der Waals surface area contributed by atoms with E-state index in [1.165, 1.54) is 40.2 Å². The van der Waals surface area contributed by atoms with Crippen molar-refractivity contribution in [3.63, 3.8) is 0 Å². The van der Waals surface area contributed by atoms with Crippen LogP contribution in [-0.4, -0.2) is 25.3 Å². The van der Waals surface area contributed by atoms with Gasteiger partial charge >= 0.3 is 5.97 Å². The Hall–Kier alpha value is -1.78. The molecule has 18 heavy (non-hydrogen) atoms. The molecule has 100 valence electrons. The molecular formula is C13H17FO4. The summed E-state index contributed by atoms with van der Waals surface area (Å²) in [6.45, 7) is 2.81. The molecule has 5 heteroatoms. The van der Waals surface area contributed by atoms with Crippen LogP contribution in [0.1, 0.15) is 25.0 Å². The van der Waals surface area contributed by atoms with Gasteiger partial charge in [-0.3, -0.25) is 4.79 Å². The fraction of sp³-hybridized carbons (Fsp3) is 0.462. The minimum atomic E-state index is -1.60. The van der Waals surface area contributed by atoms with Crippen molar-refractivity contribution in [3.8, 4) is 11.5 Å². The van der Waals surface area contributed by atoms with Crippen molar-refractivity contribution in [3.05, 3.63) is 23.3 Å². The van der Waals surface area contributed by atoms with Crippen LogP contribution in [-0.2, 0) is 16.9 Å². The number of hydrogen-bond acceptors (Lipinski definition) is 3. The lowest BCUT2D eigenvalue weighted by atomic mass is 9.96. The molecular weight excluding hydrogens is 239 g/mol. The van der Waals surface area contributed by atoms with Crippen molar-refractivity contribution in [2.75, 3.05) is 14.2 Å². The number of halogens is 1. The first-order valence-electron chi connectivity index (χ1n) is 5.45. The summed E-state index contributed by atoms with van der Waals surface area (Å²) in [5, 5.41) is 8.81. The van der Waals surface area contributed by atoms with Gasteiger partial charge in [-0.15, -0.1) is 0 Å². The molecule has 0 aliphatic carbocycles. The summed E-state index contributed by atoms with van der Waals surface area (Å²) in [6.07, 6.45) is -0.202. The van der Waals surface area contributed by atoms with Crippen LogP contribution in [0.5, 0.6) is 11.5 Å². The van der Waals surface area contributed by atoms with E-state index in [0.29, 0.717) is 22.6 Å². The molecule has 0 bridgehead atoms. The molecule has 0 saturated carbocycles. The number of hydrogen-bond donors (Lipinski definition) is 1. The number of benzene rings is 1. The second kappa shape index (κ2) is 5.25. The van der Waals surface area contributed by atoms with Gasteiger partial charge in [-0.25, -0.2) is 4.39 Å². The average molecular weight is 256 g/mol. The predicted octanol–water partition coefficient (Wildman–Crippen LogP) is 2.54. The fourth-order valence-electron chi connectivity index (χ4n) is 1.73. The summed E-state index contributed by atoms with van der Waals surface area (Å²) in [4.78, 5) is 10.7. The smallest absolute Gasteiger partial charge is 0.307 e. The van der Waals surface area contributed by atoms with Gasteiger partial charge in [-0.2, -0.15) is 0 Å². The van der Waals surface area contributed by atoms with Crippen molar-refractivity contribution >= 4 is 5.97 Å². The molecule has 1 rings (SSSR count). The van der Waals surface area contributed by atoms with E-state index in [0.717, 1.165) is 0 Å². The number of carboxylic acids is 1. The Bertz CT molecular complexity index is 449. The normalized spacial score (nSPS) is 11.2. The lowest BCUT2D eigenvalue weighted by Gasteiger charge is -2.20. The van der Waals surface area contributed by atoms with Gasteiger partial charge in [0.25, 0.3) is 0 Å². The maximum Gasteiger partial charge on any atom is 0.307 e. The number of rotatable bonds is 5. The van der Waals surface area contributed by atoms with Gasteiger partial charge in [0, 0.05) is 11.1 Å². The van der Waals surface area contributed by atoms with Gasteiger partial charge in [0.2, 0.25) is 0 Å². The Morgan fingerprint density at radius 3 is 2.22 bits per heavy atom. The van der Waals surface area contributed by atoms with E-state index < -0.39 is 11.6 Å². The lowest BCUT2D eigenvalue weighted by Crippen LogP contribution is -2.13. The van der Waals surface area contributed by atoms with Crippen LogP contribution in [0.25, 0.3) is 0 Å². The molecule has 0 amide bonds. The zero-order valence-corrected chi connectivity index (χ0v) is 10.9. The first kappa shape index (κ1) is 14.3. The van der Waals surface area contributed by atoms with Crippen LogP contribution >= 0.6 is 0 Å². The second-order valence-electron chi connectivity index (χ2n) is 4.41. The molecule has 0 fully saturated rings. The fourth-order valence-corrected chi connectivity index (χ4v) is 1.73. The summed E-state index contributed by atoms with van der Waals surface area (Å²) in [5.41, 5.74) is -0.814. The Kier molecular flexibility index (Phi) is 4.16. The standard InChI is InChI=1S/C13H17FO4/c1-13(2,14)9-7-10(17-3)8(6-12(15)16)5-11(9)18-4/h5,7H,6H2,1-4H3,(H,15,16). The average Bonchev–Trinajstić information content (AvgIpc) is 2.26. The summed E-state index contributed by atoms with van der Waals surface area (Å²) in [7, 11) is 2.84. The zero-order chi connectivity index (χ0) is 13.9. The highest BCUT2D eigenvalue weighted by molar-refractivity contribution is 5.72. The molecule has 0 aromatic heterocycles. The Morgan fingerprint density at radius 2 is 1.83 bits per heavy atom. The maximum atomic E-state index is 14.0. The number of carboxylic acid groups (broad SMARTS) is 1. The molecule has 0 heterocycles. The minimum absolute atomic E-state index is 0.202. The molecule has 4 nitrogen and oxygen atoms in total. The third kappa shape index (κ3) is 3.12. The Balaban J connectivity index is 3.37. The number of ether oxygens (including phenoxy) is 2. The largest absolute Gasteiger partial charge is 0.496 e. The number of methoxy groups -OCH3 is 2. The molecule has 1 aromatic rings. The molecule has 0 aliphatic rings. The molecule has 0 spiro atoms. The van der Waals surface area contributed by atoms with Crippen molar-refractivity contribution in [1.82, 2.24) is 0 Å². The first-order valence-corrected chi connectivity index (χ1v) is 5.45. The van der Waals surface area contributed by atoms with Gasteiger partial charge in [0.1, 0.15) is 17.2 Å². The highest BCUT2D eigenvalue weighted by atomic mass is 19.1. The quantitative estimate of drug-likeness (QED) is 0.879. The molecule has 0 aliphatic heterocycles. The van der Waals surface area contributed by atoms with Gasteiger partial charge in [-0.1, -0.05) is 0 Å². The monoisotopic (exact) mass is 256 g/mol. The number of carbonyl (C=O) groups is 1. The summed E-state index contributed by atoms with van der Waals surface area (Å²) in [6, 6.07) is 2.99. The summed E-state index contributed by atoms with van der Waals surface area (Å²) in [5.74, 6) is -0.318. The van der Waals surface area contributed by atoms with Crippen LogP contribution in [0.2, 0.25) is 0 Å². The van der Waals surface area contributed by atoms with E-state index in [9.17, 15) is 9.18 Å². The summed E-state index contributed by atoms with van der Waals surface area (Å²) < 4.78 is 24.2. The molecule has 0 unspecified atom stereocenters.